The maximum Gasteiger partial charge on any atom is 0.275 e. The van der Waals surface area contributed by atoms with E-state index in [1.807, 2.05) is 22.6 Å². The van der Waals surface area contributed by atoms with Gasteiger partial charge in [0, 0.05) is 6.20 Å². The molecule has 0 aromatic carbocycles. The van der Waals surface area contributed by atoms with Crippen LogP contribution in [-0.4, -0.2) is 21.1 Å². The Morgan fingerprint density at radius 1 is 1.47 bits per heavy atom. The van der Waals surface area contributed by atoms with E-state index < -0.39 is 0 Å². The van der Waals surface area contributed by atoms with Gasteiger partial charge in [0.2, 0.25) is 0 Å². The topological polar surface area (TPSA) is 70.7 Å². The van der Waals surface area contributed by atoms with Crippen molar-refractivity contribution in [1.29, 1.82) is 0 Å². The molecule has 0 radical (unpaired) electrons. The molecule has 0 spiro atoms. The minimum atomic E-state index is -0.240. The number of pyridine rings is 1. The molecule has 76 valence electrons. The largest absolute Gasteiger partial charge is 0.305 e. The highest BCUT2D eigenvalue weighted by molar-refractivity contribution is 14.1. The van der Waals surface area contributed by atoms with Crippen LogP contribution in [0.1, 0.15) is 10.5 Å². The molecule has 2 aromatic heterocycles. The summed E-state index contributed by atoms with van der Waals surface area (Å²) in [4.78, 5) is 15.7. The first-order valence-electron chi connectivity index (χ1n) is 4.18. The number of nitrogens with one attached hydrogen (secondary N) is 2. The summed E-state index contributed by atoms with van der Waals surface area (Å²) in [6.45, 7) is 0. The van der Waals surface area contributed by atoms with Gasteiger partial charge in [0.1, 0.15) is 11.5 Å². The van der Waals surface area contributed by atoms with Crippen molar-refractivity contribution in [2.45, 2.75) is 0 Å². The first kappa shape index (κ1) is 10.1. The highest BCUT2D eigenvalue weighted by Gasteiger charge is 2.11. The number of H-pyrrole nitrogens is 1. The van der Waals surface area contributed by atoms with Crippen molar-refractivity contribution in [2.24, 2.45) is 0 Å². The normalized spacial score (nSPS) is 9.93. The monoisotopic (exact) mass is 314 g/mol. The molecule has 0 aliphatic carbocycles. The lowest BCUT2D eigenvalue weighted by molar-refractivity contribution is 0.102. The zero-order valence-corrected chi connectivity index (χ0v) is 9.72. The van der Waals surface area contributed by atoms with Crippen LogP contribution in [-0.2, 0) is 0 Å². The molecular weight excluding hydrogens is 307 g/mol. The SMILES string of the molecule is O=C(Nc1ccccn1)c1[nH]ncc1I. The summed E-state index contributed by atoms with van der Waals surface area (Å²) in [7, 11) is 0. The third-order valence-electron chi connectivity index (χ3n) is 1.73. The summed E-state index contributed by atoms with van der Waals surface area (Å²) < 4.78 is 0.779. The lowest BCUT2D eigenvalue weighted by Gasteiger charge is -2.01. The summed E-state index contributed by atoms with van der Waals surface area (Å²) in [5, 5.41) is 9.06. The fraction of sp³-hybridized carbons (Fsp3) is 0. The zero-order valence-electron chi connectivity index (χ0n) is 7.57. The minimum Gasteiger partial charge on any atom is -0.305 e. The van der Waals surface area contributed by atoms with Gasteiger partial charge >= 0.3 is 0 Å². The second-order valence-electron chi connectivity index (χ2n) is 2.76. The highest BCUT2D eigenvalue weighted by atomic mass is 127. The van der Waals surface area contributed by atoms with E-state index in [-0.39, 0.29) is 5.91 Å². The van der Waals surface area contributed by atoms with E-state index in [1.54, 1.807) is 30.6 Å². The second kappa shape index (κ2) is 4.39. The summed E-state index contributed by atoms with van der Waals surface area (Å²) in [6.07, 6.45) is 3.21. The Morgan fingerprint density at radius 3 is 2.93 bits per heavy atom. The van der Waals surface area contributed by atoms with Gasteiger partial charge in [0.05, 0.1) is 9.77 Å². The maximum absolute atomic E-state index is 11.7. The van der Waals surface area contributed by atoms with Crippen LogP contribution in [0.25, 0.3) is 0 Å². The molecule has 0 saturated heterocycles. The Balaban J connectivity index is 2.15. The van der Waals surface area contributed by atoms with E-state index in [4.69, 9.17) is 0 Å². The molecule has 2 N–H and O–H groups in total. The molecule has 15 heavy (non-hydrogen) atoms. The van der Waals surface area contributed by atoms with Gasteiger partial charge in [-0.3, -0.25) is 9.89 Å². The van der Waals surface area contributed by atoms with Crippen LogP contribution < -0.4 is 5.32 Å². The third kappa shape index (κ3) is 2.32. The third-order valence-corrected chi connectivity index (χ3v) is 2.54. The van der Waals surface area contributed by atoms with Crippen LogP contribution in [0.3, 0.4) is 0 Å². The Labute approximate surface area is 99.4 Å². The molecule has 2 aromatic rings. The predicted octanol–water partition coefficient (Wildman–Crippen LogP) is 1.66. The van der Waals surface area contributed by atoms with Gasteiger partial charge in [0.15, 0.2) is 0 Å². The van der Waals surface area contributed by atoms with Crippen LogP contribution in [0, 0.1) is 3.57 Å². The standard InChI is InChI=1S/C9H7IN4O/c10-6-5-12-14-8(6)9(15)13-7-3-1-2-4-11-7/h1-5H,(H,12,14)(H,11,13,15). The van der Waals surface area contributed by atoms with Crippen LogP contribution in [0.15, 0.2) is 30.6 Å². The second-order valence-corrected chi connectivity index (χ2v) is 3.92. The average molecular weight is 314 g/mol. The fourth-order valence-corrected chi connectivity index (χ4v) is 1.55. The number of hydrogen-bond acceptors (Lipinski definition) is 3. The van der Waals surface area contributed by atoms with Crippen LogP contribution in [0.2, 0.25) is 0 Å². The Bertz CT molecular complexity index is 468. The van der Waals surface area contributed by atoms with Crippen molar-refractivity contribution >= 4 is 34.3 Å². The van der Waals surface area contributed by atoms with Crippen molar-refractivity contribution in [3.63, 3.8) is 0 Å². The molecule has 6 heteroatoms. The van der Waals surface area contributed by atoms with E-state index in [1.165, 1.54) is 0 Å². The van der Waals surface area contributed by atoms with Crippen molar-refractivity contribution in [2.75, 3.05) is 5.32 Å². The molecule has 0 atom stereocenters. The van der Waals surface area contributed by atoms with Crippen molar-refractivity contribution in [3.8, 4) is 0 Å². The number of hydrogen-bond donors (Lipinski definition) is 2. The molecule has 2 rings (SSSR count). The Morgan fingerprint density at radius 2 is 2.33 bits per heavy atom. The molecule has 0 bridgehead atoms. The average Bonchev–Trinajstić information content (AvgIpc) is 2.66. The molecular formula is C9H7IN4O. The van der Waals surface area contributed by atoms with Gasteiger partial charge in [-0.05, 0) is 34.7 Å². The van der Waals surface area contributed by atoms with Crippen molar-refractivity contribution in [3.05, 3.63) is 39.9 Å². The number of anilines is 1. The smallest absolute Gasteiger partial charge is 0.275 e. The van der Waals surface area contributed by atoms with E-state index in [0.29, 0.717) is 11.5 Å². The zero-order chi connectivity index (χ0) is 10.7. The first-order chi connectivity index (χ1) is 7.27. The molecule has 5 nitrogen and oxygen atoms in total. The number of amides is 1. The van der Waals surface area contributed by atoms with Gasteiger partial charge in [0.25, 0.3) is 5.91 Å². The Hall–Kier alpha value is -1.44. The summed E-state index contributed by atoms with van der Waals surface area (Å²) >= 11 is 2.04. The summed E-state index contributed by atoms with van der Waals surface area (Å²) in [5.74, 6) is 0.281. The quantitative estimate of drug-likeness (QED) is 0.828. The number of aromatic amines is 1. The lowest BCUT2D eigenvalue weighted by atomic mass is 10.4. The van der Waals surface area contributed by atoms with Crippen molar-refractivity contribution in [1.82, 2.24) is 15.2 Å². The van der Waals surface area contributed by atoms with Crippen molar-refractivity contribution < 1.29 is 4.79 Å². The van der Waals surface area contributed by atoms with Gasteiger partial charge in [-0.25, -0.2) is 4.98 Å². The van der Waals surface area contributed by atoms with Gasteiger partial charge in [-0.2, -0.15) is 5.10 Å². The minimum absolute atomic E-state index is 0.240. The number of carbonyl (C=O) groups is 1. The number of rotatable bonds is 2. The van der Waals surface area contributed by atoms with Crippen LogP contribution in [0.4, 0.5) is 5.82 Å². The molecule has 0 aliphatic heterocycles. The first-order valence-corrected chi connectivity index (χ1v) is 5.26. The van der Waals surface area contributed by atoms with Crippen LogP contribution in [0.5, 0.6) is 0 Å². The van der Waals surface area contributed by atoms with E-state index in [2.05, 4.69) is 20.5 Å². The fourth-order valence-electron chi connectivity index (χ4n) is 1.05. The molecule has 2 heterocycles. The van der Waals surface area contributed by atoms with Gasteiger partial charge in [-0.1, -0.05) is 6.07 Å². The van der Waals surface area contributed by atoms with E-state index in [9.17, 15) is 4.79 Å². The van der Waals surface area contributed by atoms with E-state index >= 15 is 0 Å². The molecule has 0 unspecified atom stereocenters. The number of aromatic nitrogens is 3. The van der Waals surface area contributed by atoms with Gasteiger partial charge in [-0.15, -0.1) is 0 Å². The number of nitrogens with zero attached hydrogens (tertiary/aromatic N) is 2. The van der Waals surface area contributed by atoms with Crippen LogP contribution >= 0.6 is 22.6 Å². The molecule has 0 aliphatic rings. The summed E-state index contributed by atoms with van der Waals surface area (Å²) in [6, 6.07) is 5.32. The number of carbonyl (C=O) groups excluding carboxylic acids is 1. The van der Waals surface area contributed by atoms with E-state index in [0.717, 1.165) is 3.57 Å². The van der Waals surface area contributed by atoms with Gasteiger partial charge < -0.3 is 5.32 Å². The molecule has 0 saturated carbocycles. The maximum atomic E-state index is 11.7. The highest BCUT2D eigenvalue weighted by Crippen LogP contribution is 2.10. The molecule has 1 amide bonds. The molecule has 0 fully saturated rings. The number of halogens is 1. The Kier molecular flexibility index (Phi) is 2.95. The summed E-state index contributed by atoms with van der Waals surface area (Å²) in [5.41, 5.74) is 0.446. The predicted molar refractivity (Wildman–Crippen MR) is 63.5 cm³/mol. The lowest BCUT2D eigenvalue weighted by Crippen LogP contribution is -2.14.